The van der Waals surface area contributed by atoms with Crippen molar-refractivity contribution in [1.82, 2.24) is 0 Å². The first kappa shape index (κ1) is 29.6. The van der Waals surface area contributed by atoms with Crippen molar-refractivity contribution in [2.75, 3.05) is 11.5 Å². The van der Waals surface area contributed by atoms with E-state index in [-0.39, 0.29) is 5.41 Å². The average molecular weight is 563 g/mol. The highest BCUT2D eigenvalue weighted by Gasteiger charge is 2.40. The summed E-state index contributed by atoms with van der Waals surface area (Å²) in [5.41, 5.74) is 20.7. The monoisotopic (exact) mass is 562 g/mol. The predicted molar refractivity (Wildman–Crippen MR) is 176 cm³/mol. The summed E-state index contributed by atoms with van der Waals surface area (Å²) in [6.45, 7) is 11.0. The Morgan fingerprint density at radius 1 is 0.690 bits per heavy atom. The minimum Gasteiger partial charge on any atom is -0.457 e. The van der Waals surface area contributed by atoms with Crippen LogP contribution in [-0.4, -0.2) is 0 Å². The number of anilines is 2. The lowest BCUT2D eigenvalue weighted by Crippen LogP contribution is -2.35. The van der Waals surface area contributed by atoms with Crippen LogP contribution in [0.1, 0.15) is 85.3 Å². The molecule has 0 spiro atoms. The number of hydrogen-bond donors (Lipinski definition) is 2. The van der Waals surface area contributed by atoms with Crippen molar-refractivity contribution in [3.8, 4) is 23.0 Å². The van der Waals surface area contributed by atoms with Crippen LogP contribution in [0.5, 0.6) is 23.0 Å². The highest BCUT2D eigenvalue weighted by atomic mass is 16.5. The second-order valence-electron chi connectivity index (χ2n) is 12.4. The van der Waals surface area contributed by atoms with E-state index in [2.05, 4.69) is 58.9 Å². The summed E-state index contributed by atoms with van der Waals surface area (Å²) in [4.78, 5) is 0. The molecule has 1 aliphatic carbocycles. The first-order valence-corrected chi connectivity index (χ1v) is 15.5. The molecule has 0 radical (unpaired) electrons. The molecule has 0 aliphatic heterocycles. The summed E-state index contributed by atoms with van der Waals surface area (Å²) in [5, 5.41) is 0. The fourth-order valence-corrected chi connectivity index (χ4v) is 6.90. The summed E-state index contributed by atoms with van der Waals surface area (Å²) in [6, 6.07) is 24.8. The van der Waals surface area contributed by atoms with E-state index in [9.17, 15) is 0 Å². The molecular weight excluding hydrogens is 516 g/mol. The Balaban J connectivity index is 1.56. The molecule has 4 nitrogen and oxygen atoms in total. The van der Waals surface area contributed by atoms with E-state index in [0.717, 1.165) is 69.0 Å². The molecule has 1 unspecified atom stereocenters. The van der Waals surface area contributed by atoms with Gasteiger partial charge in [-0.15, -0.1) is 0 Å². The van der Waals surface area contributed by atoms with Gasteiger partial charge in [0, 0.05) is 16.8 Å². The van der Waals surface area contributed by atoms with Crippen molar-refractivity contribution < 1.29 is 9.47 Å². The molecule has 4 aromatic rings. The van der Waals surface area contributed by atoms with Crippen LogP contribution in [0.4, 0.5) is 11.4 Å². The molecule has 0 aromatic heterocycles. The van der Waals surface area contributed by atoms with Crippen LogP contribution in [0.25, 0.3) is 0 Å². The number of ether oxygens (including phenoxy) is 2. The fraction of sp³-hybridized carbons (Fsp3) is 0.368. The minimum absolute atomic E-state index is 0.0544. The van der Waals surface area contributed by atoms with Gasteiger partial charge in [-0.05, 0) is 128 Å². The molecule has 4 N–H and O–H groups in total. The molecule has 0 amide bonds. The summed E-state index contributed by atoms with van der Waals surface area (Å²) >= 11 is 0. The van der Waals surface area contributed by atoms with Crippen molar-refractivity contribution in [1.29, 1.82) is 0 Å². The third-order valence-corrected chi connectivity index (χ3v) is 9.04. The van der Waals surface area contributed by atoms with Crippen molar-refractivity contribution in [3.63, 3.8) is 0 Å². The van der Waals surface area contributed by atoms with Crippen LogP contribution in [0.15, 0.2) is 72.8 Å². The third kappa shape index (κ3) is 6.28. The maximum Gasteiger partial charge on any atom is 0.133 e. The van der Waals surface area contributed by atoms with Gasteiger partial charge in [-0.2, -0.15) is 0 Å². The minimum atomic E-state index is -0.0544. The lowest BCUT2D eigenvalue weighted by molar-refractivity contribution is 0.241. The highest BCUT2D eigenvalue weighted by molar-refractivity contribution is 5.55. The summed E-state index contributed by atoms with van der Waals surface area (Å²) in [6.07, 6.45) is 8.69. The molecule has 42 heavy (non-hydrogen) atoms. The second-order valence-corrected chi connectivity index (χ2v) is 12.4. The number of aryl methyl sites for hydroxylation is 4. The van der Waals surface area contributed by atoms with Crippen LogP contribution in [0.2, 0.25) is 0 Å². The number of unbranched alkanes of at least 4 members (excludes halogenated alkanes) is 1. The normalized spacial score (nSPS) is 16.3. The zero-order valence-electron chi connectivity index (χ0n) is 25.9. The van der Waals surface area contributed by atoms with Gasteiger partial charge in [0.25, 0.3) is 0 Å². The Morgan fingerprint density at radius 2 is 1.12 bits per heavy atom. The topological polar surface area (TPSA) is 70.5 Å². The second kappa shape index (κ2) is 12.5. The van der Waals surface area contributed by atoms with E-state index in [1.807, 2.05) is 48.5 Å². The molecule has 4 aromatic carbocycles. The Kier molecular flexibility index (Phi) is 8.82. The fourth-order valence-electron chi connectivity index (χ4n) is 6.90. The van der Waals surface area contributed by atoms with Gasteiger partial charge < -0.3 is 20.9 Å². The molecule has 220 valence electrons. The summed E-state index contributed by atoms with van der Waals surface area (Å²) < 4.78 is 12.8. The van der Waals surface area contributed by atoms with Gasteiger partial charge >= 0.3 is 0 Å². The molecule has 1 saturated carbocycles. The molecule has 5 rings (SSSR count). The van der Waals surface area contributed by atoms with E-state index in [4.69, 9.17) is 20.9 Å². The van der Waals surface area contributed by atoms with Gasteiger partial charge in [0.1, 0.15) is 23.0 Å². The lowest BCUT2D eigenvalue weighted by atomic mass is 9.61. The SMILES string of the molecule is CCCCC1CCCC(c2cc(C)c(Oc3ccc(N)cc3)c(C)c2)(c2cc(C)c(Oc3ccc(N)cc3)c(C)c2)C1. The largest absolute Gasteiger partial charge is 0.457 e. The molecule has 1 atom stereocenters. The molecular formula is C38H46N2O2. The molecule has 0 heterocycles. The number of hydrogen-bond acceptors (Lipinski definition) is 4. The molecule has 0 saturated heterocycles. The third-order valence-electron chi connectivity index (χ3n) is 9.04. The van der Waals surface area contributed by atoms with Gasteiger partial charge in [0.2, 0.25) is 0 Å². The molecule has 1 aliphatic rings. The van der Waals surface area contributed by atoms with E-state index < -0.39 is 0 Å². The Hall–Kier alpha value is -3.92. The number of nitrogen functional groups attached to an aromatic ring is 2. The van der Waals surface area contributed by atoms with Crippen molar-refractivity contribution in [2.45, 2.75) is 85.0 Å². The first-order chi connectivity index (χ1) is 20.2. The number of benzene rings is 4. The first-order valence-electron chi connectivity index (χ1n) is 15.5. The van der Waals surface area contributed by atoms with E-state index in [1.54, 1.807) is 0 Å². The number of rotatable bonds is 9. The van der Waals surface area contributed by atoms with Crippen LogP contribution in [-0.2, 0) is 5.41 Å². The Bertz CT molecular complexity index is 1370. The Morgan fingerprint density at radius 3 is 1.52 bits per heavy atom. The highest BCUT2D eigenvalue weighted by Crippen LogP contribution is 2.50. The van der Waals surface area contributed by atoms with Crippen molar-refractivity contribution >= 4 is 11.4 Å². The quantitative estimate of drug-likeness (QED) is 0.199. The van der Waals surface area contributed by atoms with Gasteiger partial charge in [-0.1, -0.05) is 63.3 Å². The Labute approximate surface area is 252 Å². The van der Waals surface area contributed by atoms with Crippen molar-refractivity contribution in [3.05, 3.63) is 106 Å². The standard InChI is InChI=1S/C38H46N2O2/c1-6-7-9-29-10-8-19-38(24-29,30-20-25(2)36(26(3)21-30)41-34-15-11-32(39)12-16-34)31-22-27(4)37(28(5)23-31)42-35-17-13-33(40)14-18-35/h11-18,20-23,29H,6-10,19,24,39-40H2,1-5H3. The average Bonchev–Trinajstić information content (AvgIpc) is 2.97. The summed E-state index contributed by atoms with van der Waals surface area (Å²) in [7, 11) is 0. The number of nitrogens with two attached hydrogens (primary N) is 2. The van der Waals surface area contributed by atoms with Gasteiger partial charge in [0.05, 0.1) is 0 Å². The van der Waals surface area contributed by atoms with Crippen molar-refractivity contribution in [2.24, 2.45) is 5.92 Å². The van der Waals surface area contributed by atoms with Crippen LogP contribution in [0.3, 0.4) is 0 Å². The van der Waals surface area contributed by atoms with Crippen LogP contribution < -0.4 is 20.9 Å². The van der Waals surface area contributed by atoms with Crippen LogP contribution in [0, 0.1) is 33.6 Å². The zero-order valence-corrected chi connectivity index (χ0v) is 25.9. The van der Waals surface area contributed by atoms with Gasteiger partial charge in [-0.25, -0.2) is 0 Å². The smallest absolute Gasteiger partial charge is 0.133 e. The molecule has 1 fully saturated rings. The van der Waals surface area contributed by atoms with E-state index >= 15 is 0 Å². The van der Waals surface area contributed by atoms with Crippen LogP contribution >= 0.6 is 0 Å². The van der Waals surface area contributed by atoms with E-state index in [0.29, 0.717) is 0 Å². The zero-order chi connectivity index (χ0) is 29.9. The molecule has 0 bridgehead atoms. The van der Waals surface area contributed by atoms with Gasteiger partial charge in [0.15, 0.2) is 0 Å². The van der Waals surface area contributed by atoms with E-state index in [1.165, 1.54) is 49.7 Å². The maximum absolute atomic E-state index is 6.39. The molecule has 4 heteroatoms. The summed E-state index contributed by atoms with van der Waals surface area (Å²) in [5.74, 6) is 4.18. The lowest BCUT2D eigenvalue weighted by Gasteiger charge is -2.43. The maximum atomic E-state index is 6.39. The predicted octanol–water partition coefficient (Wildman–Crippen LogP) is 10.3. The van der Waals surface area contributed by atoms with Gasteiger partial charge in [-0.3, -0.25) is 0 Å².